The zero-order valence-corrected chi connectivity index (χ0v) is 16.0. The van der Waals surface area contributed by atoms with Gasteiger partial charge in [0.25, 0.3) is 0 Å². The van der Waals surface area contributed by atoms with Crippen molar-refractivity contribution in [1.82, 2.24) is 19.8 Å². The molecule has 0 unspecified atom stereocenters. The molecule has 2 aromatic rings. The SMILES string of the molecule is CCN(CC)CC(=O)O.CCN(Cc1ccccn1)Cc1ccccn1. The number of aromatic nitrogens is 2. The Labute approximate surface area is 156 Å². The van der Waals surface area contributed by atoms with Gasteiger partial charge >= 0.3 is 5.97 Å². The lowest BCUT2D eigenvalue weighted by Crippen LogP contribution is -2.29. The van der Waals surface area contributed by atoms with Gasteiger partial charge in [0.15, 0.2) is 0 Å². The third-order valence-electron chi connectivity index (χ3n) is 3.92. The molecule has 1 N–H and O–H groups in total. The zero-order valence-electron chi connectivity index (χ0n) is 16.0. The summed E-state index contributed by atoms with van der Waals surface area (Å²) in [5.74, 6) is -0.751. The molecule has 26 heavy (non-hydrogen) atoms. The van der Waals surface area contributed by atoms with E-state index in [1.54, 1.807) is 0 Å². The summed E-state index contributed by atoms with van der Waals surface area (Å²) < 4.78 is 0. The molecule has 0 fully saturated rings. The third-order valence-corrected chi connectivity index (χ3v) is 3.92. The van der Waals surface area contributed by atoms with Crippen LogP contribution in [0.4, 0.5) is 0 Å². The molecule has 142 valence electrons. The summed E-state index contributed by atoms with van der Waals surface area (Å²) in [6, 6.07) is 12.0. The largest absolute Gasteiger partial charge is 0.480 e. The van der Waals surface area contributed by atoms with Gasteiger partial charge in [0.1, 0.15) is 0 Å². The maximum Gasteiger partial charge on any atom is 0.317 e. The minimum atomic E-state index is -0.751. The Balaban J connectivity index is 0.000000321. The van der Waals surface area contributed by atoms with E-state index in [-0.39, 0.29) is 6.54 Å². The van der Waals surface area contributed by atoms with E-state index in [9.17, 15) is 4.79 Å². The highest BCUT2D eigenvalue weighted by atomic mass is 16.4. The molecule has 0 radical (unpaired) electrons. The number of aliphatic carboxylic acids is 1. The Morgan fingerprint density at radius 2 is 1.31 bits per heavy atom. The number of carbonyl (C=O) groups is 1. The van der Waals surface area contributed by atoms with E-state index in [2.05, 4.69) is 33.9 Å². The molecule has 0 aromatic carbocycles. The van der Waals surface area contributed by atoms with Crippen LogP contribution in [0.25, 0.3) is 0 Å². The van der Waals surface area contributed by atoms with E-state index in [1.165, 1.54) is 0 Å². The van der Waals surface area contributed by atoms with Crippen molar-refractivity contribution in [2.75, 3.05) is 26.2 Å². The molecular weight excluding hydrogens is 328 g/mol. The van der Waals surface area contributed by atoms with Gasteiger partial charge in [-0.25, -0.2) is 0 Å². The van der Waals surface area contributed by atoms with Crippen LogP contribution >= 0.6 is 0 Å². The van der Waals surface area contributed by atoms with Gasteiger partial charge in [-0.3, -0.25) is 24.6 Å². The Morgan fingerprint density at radius 3 is 1.58 bits per heavy atom. The Kier molecular flexibility index (Phi) is 10.8. The van der Waals surface area contributed by atoms with E-state index in [4.69, 9.17) is 5.11 Å². The fraction of sp³-hybridized carbons (Fsp3) is 0.450. The molecule has 2 rings (SSSR count). The standard InChI is InChI=1S/C14H17N3.C6H13NO2/c1-2-17(11-13-7-3-5-9-15-13)12-14-8-4-6-10-16-14;1-3-7(4-2)5-6(8)9/h3-10H,2,11-12H2,1H3;3-5H2,1-2H3,(H,8,9). The van der Waals surface area contributed by atoms with Gasteiger partial charge in [0.2, 0.25) is 0 Å². The number of carboxylic acid groups (broad SMARTS) is 1. The van der Waals surface area contributed by atoms with Crippen molar-refractivity contribution in [1.29, 1.82) is 0 Å². The van der Waals surface area contributed by atoms with E-state index < -0.39 is 5.97 Å². The number of hydrogen-bond donors (Lipinski definition) is 1. The molecule has 0 spiro atoms. The molecule has 0 aliphatic rings. The summed E-state index contributed by atoms with van der Waals surface area (Å²) in [6.45, 7) is 10.6. The highest BCUT2D eigenvalue weighted by Crippen LogP contribution is 2.05. The van der Waals surface area contributed by atoms with E-state index in [1.807, 2.05) is 55.4 Å². The van der Waals surface area contributed by atoms with Crippen LogP contribution in [-0.2, 0) is 17.9 Å². The molecule has 0 amide bonds. The quantitative estimate of drug-likeness (QED) is 0.743. The number of nitrogens with zero attached hydrogens (tertiary/aromatic N) is 4. The smallest absolute Gasteiger partial charge is 0.317 e. The zero-order chi connectivity index (χ0) is 19.2. The summed E-state index contributed by atoms with van der Waals surface area (Å²) in [4.78, 5) is 23.0. The Hall–Kier alpha value is -2.31. The summed E-state index contributed by atoms with van der Waals surface area (Å²) in [5.41, 5.74) is 2.20. The Morgan fingerprint density at radius 1 is 0.846 bits per heavy atom. The molecular formula is C20H30N4O2. The minimum absolute atomic E-state index is 0.160. The van der Waals surface area contributed by atoms with Gasteiger partial charge in [-0.15, -0.1) is 0 Å². The van der Waals surface area contributed by atoms with Crippen LogP contribution in [0.1, 0.15) is 32.2 Å². The van der Waals surface area contributed by atoms with E-state index >= 15 is 0 Å². The predicted octanol–water partition coefficient (Wildman–Crippen LogP) is 2.91. The van der Waals surface area contributed by atoms with Crippen molar-refractivity contribution in [3.63, 3.8) is 0 Å². The van der Waals surface area contributed by atoms with Crippen LogP contribution in [0.2, 0.25) is 0 Å². The first-order valence-corrected chi connectivity index (χ1v) is 9.05. The second-order valence-corrected chi connectivity index (χ2v) is 5.80. The second-order valence-electron chi connectivity index (χ2n) is 5.80. The number of hydrogen-bond acceptors (Lipinski definition) is 5. The van der Waals surface area contributed by atoms with Gasteiger partial charge in [-0.2, -0.15) is 0 Å². The highest BCUT2D eigenvalue weighted by molar-refractivity contribution is 5.69. The molecule has 0 aliphatic heterocycles. The minimum Gasteiger partial charge on any atom is -0.480 e. The molecule has 0 atom stereocenters. The lowest BCUT2D eigenvalue weighted by molar-refractivity contribution is -0.138. The molecule has 6 heteroatoms. The first-order valence-electron chi connectivity index (χ1n) is 9.05. The molecule has 0 saturated heterocycles. The first kappa shape index (κ1) is 21.7. The fourth-order valence-corrected chi connectivity index (χ4v) is 2.36. The molecule has 0 bridgehead atoms. The average Bonchev–Trinajstić information content (AvgIpc) is 2.67. The molecule has 0 aliphatic carbocycles. The van der Waals surface area contributed by atoms with Gasteiger partial charge in [-0.1, -0.05) is 32.9 Å². The number of carboxylic acids is 1. The van der Waals surface area contributed by atoms with Crippen LogP contribution in [-0.4, -0.2) is 57.0 Å². The topological polar surface area (TPSA) is 69.6 Å². The summed E-state index contributed by atoms with van der Waals surface area (Å²) in [7, 11) is 0. The lowest BCUT2D eigenvalue weighted by atomic mass is 10.3. The summed E-state index contributed by atoms with van der Waals surface area (Å²) in [5, 5.41) is 8.30. The van der Waals surface area contributed by atoms with Gasteiger partial charge < -0.3 is 5.11 Å². The van der Waals surface area contributed by atoms with Gasteiger partial charge in [0.05, 0.1) is 17.9 Å². The predicted molar refractivity (Wildman–Crippen MR) is 104 cm³/mol. The molecule has 2 aromatic heterocycles. The average molecular weight is 358 g/mol. The van der Waals surface area contributed by atoms with E-state index in [0.29, 0.717) is 0 Å². The van der Waals surface area contributed by atoms with Crippen LogP contribution < -0.4 is 0 Å². The van der Waals surface area contributed by atoms with Crippen molar-refractivity contribution < 1.29 is 9.90 Å². The monoisotopic (exact) mass is 358 g/mol. The molecule has 6 nitrogen and oxygen atoms in total. The van der Waals surface area contributed by atoms with E-state index in [0.717, 1.165) is 44.1 Å². The number of pyridine rings is 2. The fourth-order valence-electron chi connectivity index (χ4n) is 2.36. The van der Waals surface area contributed by atoms with Crippen molar-refractivity contribution >= 4 is 5.97 Å². The van der Waals surface area contributed by atoms with Crippen LogP contribution in [0.3, 0.4) is 0 Å². The third kappa shape index (κ3) is 9.25. The molecule has 0 saturated carbocycles. The summed E-state index contributed by atoms with van der Waals surface area (Å²) in [6.07, 6.45) is 3.67. The normalized spacial score (nSPS) is 10.5. The van der Waals surface area contributed by atoms with Crippen LogP contribution in [0, 0.1) is 0 Å². The van der Waals surface area contributed by atoms with Crippen molar-refractivity contribution in [2.45, 2.75) is 33.9 Å². The molecule has 2 heterocycles. The number of rotatable bonds is 9. The van der Waals surface area contributed by atoms with Crippen LogP contribution in [0.5, 0.6) is 0 Å². The second kappa shape index (κ2) is 13.0. The number of likely N-dealkylation sites (N-methyl/N-ethyl adjacent to an activating group) is 1. The van der Waals surface area contributed by atoms with Crippen molar-refractivity contribution in [2.24, 2.45) is 0 Å². The maximum absolute atomic E-state index is 10.1. The lowest BCUT2D eigenvalue weighted by Gasteiger charge is -2.19. The van der Waals surface area contributed by atoms with Crippen molar-refractivity contribution in [3.05, 3.63) is 60.2 Å². The maximum atomic E-state index is 10.1. The first-order chi connectivity index (χ1) is 12.6. The summed E-state index contributed by atoms with van der Waals surface area (Å²) >= 11 is 0. The Bertz CT molecular complexity index is 562. The van der Waals surface area contributed by atoms with Crippen molar-refractivity contribution in [3.8, 4) is 0 Å². The van der Waals surface area contributed by atoms with Gasteiger partial charge in [-0.05, 0) is 43.9 Å². The van der Waals surface area contributed by atoms with Gasteiger partial charge in [0, 0.05) is 25.5 Å². The van der Waals surface area contributed by atoms with Crippen LogP contribution in [0.15, 0.2) is 48.8 Å². The highest BCUT2D eigenvalue weighted by Gasteiger charge is 2.05.